The van der Waals surface area contributed by atoms with E-state index in [9.17, 15) is 9.59 Å². The van der Waals surface area contributed by atoms with Gasteiger partial charge in [0, 0.05) is 29.4 Å². The number of methoxy groups -OCH3 is 2. The van der Waals surface area contributed by atoms with Crippen molar-refractivity contribution in [1.82, 2.24) is 0 Å². The second-order valence-corrected chi connectivity index (χ2v) is 7.34. The number of carbonyl (C=O) groups excluding carboxylic acids is 2. The third kappa shape index (κ3) is 3.99. The summed E-state index contributed by atoms with van der Waals surface area (Å²) in [4.78, 5) is 26.6. The number of allylic oxidation sites excluding steroid dienone is 2. The van der Waals surface area contributed by atoms with E-state index in [1.54, 1.807) is 24.3 Å². The van der Waals surface area contributed by atoms with Gasteiger partial charge in [0.05, 0.1) is 25.9 Å². The highest BCUT2D eigenvalue weighted by molar-refractivity contribution is 6.39. The molecule has 0 saturated carbocycles. The number of ether oxygens (including phenoxy) is 5. The van der Waals surface area contributed by atoms with Gasteiger partial charge >= 0.3 is 0 Å². The number of carbonyl (C=O) groups is 2. The molecular weight excluding hydrogens is 400 g/mol. The maximum Gasteiger partial charge on any atom is 0.194 e. The topological polar surface area (TPSA) is 80.3 Å². The van der Waals surface area contributed by atoms with E-state index in [1.807, 2.05) is 13.0 Å². The lowest BCUT2D eigenvalue weighted by Gasteiger charge is -2.28. The van der Waals surface area contributed by atoms with Gasteiger partial charge in [-0.3, -0.25) is 9.59 Å². The van der Waals surface area contributed by atoms with Gasteiger partial charge in [0.25, 0.3) is 0 Å². The number of Topliss-reactive ketones (excluding diaryl/α,β-unsaturated/α-hetero) is 1. The highest BCUT2D eigenvalue weighted by Crippen LogP contribution is 2.41. The molecule has 0 unspecified atom stereocenters. The van der Waals surface area contributed by atoms with E-state index >= 15 is 0 Å². The van der Waals surface area contributed by atoms with E-state index in [0.29, 0.717) is 35.8 Å². The summed E-state index contributed by atoms with van der Waals surface area (Å²) < 4.78 is 27.8. The van der Waals surface area contributed by atoms with Crippen molar-refractivity contribution in [3.63, 3.8) is 0 Å². The van der Waals surface area contributed by atoms with Crippen LogP contribution in [0.2, 0.25) is 0 Å². The van der Waals surface area contributed by atoms with Crippen molar-refractivity contribution in [2.24, 2.45) is 0 Å². The standard InChI is InChI=1S/C24H24O7/c1-14-10-17(24-29-8-5-9-30-24)21(20(11-14)31-13-27-2)16-12-18(25)22-15(23(16)26)6-4-7-19(22)28-3/h4,6-7,10-12,24H,5,8-9,13H2,1-3H3. The first kappa shape index (κ1) is 21.2. The first-order chi connectivity index (χ1) is 15.0. The largest absolute Gasteiger partial charge is 0.496 e. The zero-order valence-electron chi connectivity index (χ0n) is 17.7. The zero-order chi connectivity index (χ0) is 22.0. The molecule has 2 aliphatic rings. The quantitative estimate of drug-likeness (QED) is 0.651. The van der Waals surface area contributed by atoms with E-state index in [1.165, 1.54) is 20.3 Å². The molecule has 1 fully saturated rings. The van der Waals surface area contributed by atoms with Crippen LogP contribution in [0.4, 0.5) is 0 Å². The Bertz CT molecular complexity index is 1050. The Hall–Kier alpha value is -3.00. The monoisotopic (exact) mass is 424 g/mol. The minimum Gasteiger partial charge on any atom is -0.496 e. The first-order valence-electron chi connectivity index (χ1n) is 10.0. The number of fused-ring (bicyclic) bond motifs is 1. The van der Waals surface area contributed by atoms with Crippen LogP contribution in [-0.2, 0) is 14.2 Å². The predicted molar refractivity (Wildman–Crippen MR) is 113 cm³/mol. The minimum atomic E-state index is -0.663. The molecule has 31 heavy (non-hydrogen) atoms. The van der Waals surface area contributed by atoms with Crippen molar-refractivity contribution >= 4 is 17.1 Å². The molecule has 2 aromatic rings. The molecule has 1 aliphatic carbocycles. The Labute approximate surface area is 180 Å². The summed E-state index contributed by atoms with van der Waals surface area (Å²) in [5, 5.41) is 0. The highest BCUT2D eigenvalue weighted by atomic mass is 16.7. The molecular formula is C24H24O7. The number of ketones is 2. The van der Waals surface area contributed by atoms with E-state index in [2.05, 4.69) is 0 Å². The lowest BCUT2D eigenvalue weighted by molar-refractivity contribution is -0.183. The van der Waals surface area contributed by atoms with Crippen LogP contribution in [0.5, 0.6) is 11.5 Å². The lowest BCUT2D eigenvalue weighted by Crippen LogP contribution is -2.22. The molecule has 0 bridgehead atoms. The SMILES string of the molecule is COCOc1cc(C)cc(C2OCCCO2)c1C1=CC(=O)c2c(OC)cccc2C1=O. The number of hydrogen-bond donors (Lipinski definition) is 0. The van der Waals surface area contributed by atoms with E-state index < -0.39 is 6.29 Å². The molecule has 0 aromatic heterocycles. The van der Waals surface area contributed by atoms with Crippen molar-refractivity contribution in [3.05, 3.63) is 64.2 Å². The predicted octanol–water partition coefficient (Wildman–Crippen LogP) is 3.88. The molecule has 0 radical (unpaired) electrons. The number of hydrogen-bond acceptors (Lipinski definition) is 7. The van der Waals surface area contributed by atoms with Crippen LogP contribution in [0.3, 0.4) is 0 Å². The van der Waals surface area contributed by atoms with Gasteiger partial charge in [0.2, 0.25) is 0 Å². The fourth-order valence-electron chi connectivity index (χ4n) is 3.90. The fourth-order valence-corrected chi connectivity index (χ4v) is 3.90. The summed E-state index contributed by atoms with van der Waals surface area (Å²) in [6.45, 7) is 2.98. The molecule has 162 valence electrons. The van der Waals surface area contributed by atoms with Crippen LogP contribution in [0.25, 0.3) is 5.57 Å². The average Bonchev–Trinajstić information content (AvgIpc) is 2.80. The van der Waals surface area contributed by atoms with Gasteiger partial charge in [-0.15, -0.1) is 0 Å². The molecule has 2 aromatic carbocycles. The Morgan fingerprint density at radius 3 is 2.52 bits per heavy atom. The van der Waals surface area contributed by atoms with Gasteiger partial charge in [-0.25, -0.2) is 0 Å². The lowest BCUT2D eigenvalue weighted by atomic mass is 9.83. The molecule has 1 aliphatic heterocycles. The van der Waals surface area contributed by atoms with Crippen molar-refractivity contribution in [3.8, 4) is 11.5 Å². The third-order valence-corrected chi connectivity index (χ3v) is 5.22. The number of benzene rings is 2. The van der Waals surface area contributed by atoms with Crippen molar-refractivity contribution in [1.29, 1.82) is 0 Å². The highest BCUT2D eigenvalue weighted by Gasteiger charge is 2.34. The van der Waals surface area contributed by atoms with E-state index in [0.717, 1.165) is 12.0 Å². The normalized spacial score (nSPS) is 16.7. The van der Waals surface area contributed by atoms with Crippen LogP contribution in [-0.4, -0.2) is 45.8 Å². The van der Waals surface area contributed by atoms with Gasteiger partial charge in [-0.2, -0.15) is 0 Å². The van der Waals surface area contributed by atoms with Gasteiger partial charge in [-0.05, 0) is 37.1 Å². The third-order valence-electron chi connectivity index (χ3n) is 5.22. The number of rotatable bonds is 6. The first-order valence-corrected chi connectivity index (χ1v) is 10.0. The summed E-state index contributed by atoms with van der Waals surface area (Å²) in [5.74, 6) is 0.187. The van der Waals surface area contributed by atoms with Gasteiger partial charge < -0.3 is 23.7 Å². The molecule has 7 heteroatoms. The summed E-state index contributed by atoms with van der Waals surface area (Å²) >= 11 is 0. The van der Waals surface area contributed by atoms with Crippen molar-refractivity contribution < 1.29 is 33.3 Å². The maximum absolute atomic E-state index is 13.5. The molecule has 0 atom stereocenters. The Kier molecular flexibility index (Phi) is 6.18. The van der Waals surface area contributed by atoms with Gasteiger partial charge in [0.1, 0.15) is 11.5 Å². The maximum atomic E-state index is 13.5. The Balaban J connectivity index is 1.90. The van der Waals surface area contributed by atoms with Crippen LogP contribution < -0.4 is 9.47 Å². The van der Waals surface area contributed by atoms with Crippen LogP contribution in [0.1, 0.15) is 50.1 Å². The second-order valence-electron chi connectivity index (χ2n) is 7.34. The second kappa shape index (κ2) is 9.01. The number of aryl methyl sites for hydroxylation is 1. The minimum absolute atomic E-state index is 0.0118. The van der Waals surface area contributed by atoms with Gasteiger partial charge in [-0.1, -0.05) is 18.2 Å². The Morgan fingerprint density at radius 1 is 1.03 bits per heavy atom. The zero-order valence-corrected chi connectivity index (χ0v) is 17.7. The fraction of sp³-hybridized carbons (Fsp3) is 0.333. The molecule has 1 saturated heterocycles. The van der Waals surface area contributed by atoms with Gasteiger partial charge in [0.15, 0.2) is 24.6 Å². The summed E-state index contributed by atoms with van der Waals surface area (Å²) in [5.41, 5.74) is 2.80. The van der Waals surface area contributed by atoms with Crippen molar-refractivity contribution in [2.45, 2.75) is 19.6 Å². The summed E-state index contributed by atoms with van der Waals surface area (Å²) in [6.07, 6.45) is 1.46. The van der Waals surface area contributed by atoms with Crippen LogP contribution in [0.15, 0.2) is 36.4 Å². The van der Waals surface area contributed by atoms with Crippen LogP contribution >= 0.6 is 0 Å². The molecule has 0 spiro atoms. The smallest absolute Gasteiger partial charge is 0.194 e. The van der Waals surface area contributed by atoms with Crippen molar-refractivity contribution in [2.75, 3.05) is 34.2 Å². The Morgan fingerprint density at radius 2 is 1.81 bits per heavy atom. The van der Waals surface area contributed by atoms with Crippen LogP contribution in [0, 0.1) is 6.92 Å². The van der Waals surface area contributed by atoms with E-state index in [4.69, 9.17) is 23.7 Å². The average molecular weight is 424 g/mol. The molecule has 0 amide bonds. The molecule has 7 nitrogen and oxygen atoms in total. The molecule has 1 heterocycles. The summed E-state index contributed by atoms with van der Waals surface area (Å²) in [6, 6.07) is 8.68. The van der Waals surface area contributed by atoms with E-state index in [-0.39, 0.29) is 35.1 Å². The molecule has 4 rings (SSSR count). The molecule has 0 N–H and O–H groups in total. The summed E-state index contributed by atoms with van der Waals surface area (Å²) in [7, 11) is 2.99.